The second-order valence-corrected chi connectivity index (χ2v) is 7.05. The van der Waals surface area contributed by atoms with Gasteiger partial charge >= 0.3 is 0 Å². The molecule has 112 valence electrons. The molecule has 0 unspecified atom stereocenters. The summed E-state index contributed by atoms with van der Waals surface area (Å²) in [7, 11) is 0. The fraction of sp³-hybridized carbons (Fsp3) is 0.167. The summed E-state index contributed by atoms with van der Waals surface area (Å²) >= 11 is 14.1. The van der Waals surface area contributed by atoms with Gasteiger partial charge in [-0.15, -0.1) is 11.8 Å². The molecule has 0 atom stereocenters. The van der Waals surface area contributed by atoms with Gasteiger partial charge < -0.3 is 0 Å². The van der Waals surface area contributed by atoms with E-state index in [2.05, 4.69) is 38.1 Å². The second-order valence-electron chi connectivity index (χ2n) is 5.24. The maximum absolute atomic E-state index is 6.23. The Bertz CT molecular complexity index is 826. The SMILES string of the molecule is Cc1cc(SCc2c(Cl)cccc2Cl)nc2c(C)cccc12. The van der Waals surface area contributed by atoms with Crippen LogP contribution in [0.25, 0.3) is 10.9 Å². The lowest BCUT2D eigenvalue weighted by Gasteiger charge is -2.09. The summed E-state index contributed by atoms with van der Waals surface area (Å²) in [5.41, 5.74) is 4.45. The molecule has 0 saturated heterocycles. The number of fused-ring (bicyclic) bond motifs is 1. The van der Waals surface area contributed by atoms with E-state index in [0.29, 0.717) is 15.8 Å². The molecule has 3 rings (SSSR count). The molecule has 3 aromatic rings. The average molecular weight is 348 g/mol. The minimum absolute atomic E-state index is 0.702. The van der Waals surface area contributed by atoms with E-state index in [0.717, 1.165) is 16.1 Å². The Balaban J connectivity index is 1.93. The fourth-order valence-corrected chi connectivity index (χ4v) is 4.13. The highest BCUT2D eigenvalue weighted by atomic mass is 35.5. The van der Waals surface area contributed by atoms with Gasteiger partial charge in [0.2, 0.25) is 0 Å². The third-order valence-corrected chi connectivity index (χ3v) is 5.30. The van der Waals surface area contributed by atoms with E-state index < -0.39 is 0 Å². The van der Waals surface area contributed by atoms with Crippen molar-refractivity contribution in [2.45, 2.75) is 24.6 Å². The molecule has 4 heteroatoms. The molecule has 1 aromatic heterocycles. The normalized spacial score (nSPS) is 11.1. The zero-order valence-corrected chi connectivity index (χ0v) is 14.7. The number of halogens is 2. The third-order valence-electron chi connectivity index (χ3n) is 3.65. The van der Waals surface area contributed by atoms with E-state index in [1.807, 2.05) is 18.2 Å². The lowest BCUT2D eigenvalue weighted by molar-refractivity contribution is 1.15. The molecule has 0 amide bonds. The van der Waals surface area contributed by atoms with Crippen LogP contribution in [-0.4, -0.2) is 4.98 Å². The van der Waals surface area contributed by atoms with Crippen molar-refractivity contribution in [2.75, 3.05) is 0 Å². The van der Waals surface area contributed by atoms with Crippen LogP contribution in [0.3, 0.4) is 0 Å². The summed E-state index contributed by atoms with van der Waals surface area (Å²) in [6.07, 6.45) is 0. The average Bonchev–Trinajstić information content (AvgIpc) is 2.48. The number of hydrogen-bond donors (Lipinski definition) is 0. The van der Waals surface area contributed by atoms with Gasteiger partial charge in [0.25, 0.3) is 0 Å². The molecule has 0 radical (unpaired) electrons. The molecule has 0 aliphatic carbocycles. The van der Waals surface area contributed by atoms with Crippen molar-refractivity contribution >= 4 is 45.9 Å². The van der Waals surface area contributed by atoms with Gasteiger partial charge in [-0.1, -0.05) is 47.5 Å². The van der Waals surface area contributed by atoms with Gasteiger partial charge in [0.05, 0.1) is 10.5 Å². The van der Waals surface area contributed by atoms with Gasteiger partial charge in [0, 0.05) is 21.2 Å². The third kappa shape index (κ3) is 3.10. The first-order chi connectivity index (χ1) is 10.6. The van der Waals surface area contributed by atoms with E-state index in [-0.39, 0.29) is 0 Å². The molecule has 0 N–H and O–H groups in total. The fourth-order valence-electron chi connectivity index (χ4n) is 2.42. The molecule has 0 saturated carbocycles. The molecule has 2 aromatic carbocycles. The maximum Gasteiger partial charge on any atom is 0.0973 e. The highest BCUT2D eigenvalue weighted by Crippen LogP contribution is 2.32. The second kappa shape index (κ2) is 6.49. The van der Waals surface area contributed by atoms with Gasteiger partial charge in [-0.05, 0) is 48.7 Å². The topological polar surface area (TPSA) is 12.9 Å². The number of para-hydroxylation sites is 1. The Kier molecular flexibility index (Phi) is 4.62. The number of rotatable bonds is 3. The number of benzene rings is 2. The van der Waals surface area contributed by atoms with Crippen LogP contribution < -0.4 is 0 Å². The first-order valence-electron chi connectivity index (χ1n) is 6.99. The summed E-state index contributed by atoms with van der Waals surface area (Å²) in [6, 6.07) is 14.0. The van der Waals surface area contributed by atoms with E-state index in [4.69, 9.17) is 28.2 Å². The van der Waals surface area contributed by atoms with Gasteiger partial charge in [0.15, 0.2) is 0 Å². The van der Waals surface area contributed by atoms with Gasteiger partial charge in [0.1, 0.15) is 0 Å². The van der Waals surface area contributed by atoms with E-state index in [9.17, 15) is 0 Å². The minimum Gasteiger partial charge on any atom is -0.241 e. The van der Waals surface area contributed by atoms with Crippen LogP contribution in [0.2, 0.25) is 10.0 Å². The molecule has 0 fully saturated rings. The van der Waals surface area contributed by atoms with Crippen molar-refractivity contribution in [3.05, 3.63) is 69.2 Å². The molecular weight excluding hydrogens is 333 g/mol. The molecule has 0 aliphatic rings. The number of thioether (sulfide) groups is 1. The summed E-state index contributed by atoms with van der Waals surface area (Å²) in [5, 5.41) is 3.61. The highest BCUT2D eigenvalue weighted by Gasteiger charge is 2.09. The lowest BCUT2D eigenvalue weighted by Crippen LogP contribution is -1.91. The molecule has 1 heterocycles. The minimum atomic E-state index is 0.702. The Labute approximate surface area is 144 Å². The highest BCUT2D eigenvalue weighted by molar-refractivity contribution is 7.98. The van der Waals surface area contributed by atoms with Crippen molar-refractivity contribution in [1.29, 1.82) is 0 Å². The first kappa shape index (κ1) is 15.7. The smallest absolute Gasteiger partial charge is 0.0973 e. The number of nitrogens with zero attached hydrogens (tertiary/aromatic N) is 1. The van der Waals surface area contributed by atoms with Crippen molar-refractivity contribution in [3.8, 4) is 0 Å². The molecule has 22 heavy (non-hydrogen) atoms. The van der Waals surface area contributed by atoms with E-state index >= 15 is 0 Å². The quantitative estimate of drug-likeness (QED) is 0.504. The molecular formula is C18H15Cl2NS. The van der Waals surface area contributed by atoms with E-state index in [1.54, 1.807) is 11.8 Å². The zero-order chi connectivity index (χ0) is 15.7. The van der Waals surface area contributed by atoms with Crippen LogP contribution in [0.15, 0.2) is 47.5 Å². The van der Waals surface area contributed by atoms with Crippen LogP contribution in [-0.2, 0) is 5.75 Å². The monoisotopic (exact) mass is 347 g/mol. The molecule has 1 nitrogen and oxygen atoms in total. The van der Waals surface area contributed by atoms with Crippen LogP contribution in [0.5, 0.6) is 0 Å². The molecule has 0 spiro atoms. The maximum atomic E-state index is 6.23. The van der Waals surface area contributed by atoms with E-state index in [1.165, 1.54) is 16.5 Å². The number of pyridine rings is 1. The number of hydrogen-bond acceptors (Lipinski definition) is 2. The lowest BCUT2D eigenvalue weighted by atomic mass is 10.1. The van der Waals surface area contributed by atoms with Gasteiger partial charge in [-0.25, -0.2) is 4.98 Å². The van der Waals surface area contributed by atoms with Gasteiger partial charge in [-0.2, -0.15) is 0 Å². The first-order valence-corrected chi connectivity index (χ1v) is 8.73. The van der Waals surface area contributed by atoms with Crippen LogP contribution in [0.1, 0.15) is 16.7 Å². The summed E-state index contributed by atoms with van der Waals surface area (Å²) in [6.45, 7) is 4.21. The Morgan fingerprint density at radius 1 is 0.955 bits per heavy atom. The Morgan fingerprint density at radius 3 is 2.36 bits per heavy atom. The van der Waals surface area contributed by atoms with Crippen LogP contribution in [0, 0.1) is 13.8 Å². The Morgan fingerprint density at radius 2 is 1.64 bits per heavy atom. The summed E-state index contributed by atoms with van der Waals surface area (Å²) in [5.74, 6) is 0.711. The Hall–Kier alpha value is -1.22. The largest absolute Gasteiger partial charge is 0.241 e. The van der Waals surface area contributed by atoms with Crippen molar-refractivity contribution in [2.24, 2.45) is 0 Å². The molecule has 0 bridgehead atoms. The summed E-state index contributed by atoms with van der Waals surface area (Å²) < 4.78 is 0. The van der Waals surface area contributed by atoms with Crippen molar-refractivity contribution in [1.82, 2.24) is 4.98 Å². The van der Waals surface area contributed by atoms with Crippen LogP contribution >= 0.6 is 35.0 Å². The standard InChI is InChI=1S/C18H15Cl2NS/c1-11-5-3-6-13-12(2)9-17(21-18(11)13)22-10-14-15(19)7-4-8-16(14)20/h3-9H,10H2,1-2H3. The van der Waals surface area contributed by atoms with Gasteiger partial charge in [-0.3, -0.25) is 0 Å². The predicted octanol–water partition coefficient (Wildman–Crippen LogP) is 6.45. The summed E-state index contributed by atoms with van der Waals surface area (Å²) in [4.78, 5) is 4.79. The predicted molar refractivity (Wildman–Crippen MR) is 97.2 cm³/mol. The van der Waals surface area contributed by atoms with Crippen molar-refractivity contribution in [3.63, 3.8) is 0 Å². The molecule has 0 aliphatic heterocycles. The van der Waals surface area contributed by atoms with Crippen molar-refractivity contribution < 1.29 is 0 Å². The van der Waals surface area contributed by atoms with Crippen LogP contribution in [0.4, 0.5) is 0 Å². The number of aromatic nitrogens is 1. The zero-order valence-electron chi connectivity index (χ0n) is 12.4. The number of aryl methyl sites for hydroxylation is 2.